The van der Waals surface area contributed by atoms with Gasteiger partial charge in [0.05, 0.1) is 0 Å². The Labute approximate surface area is 157 Å². The van der Waals surface area contributed by atoms with Crippen molar-refractivity contribution >= 4 is 11.8 Å². The third-order valence-electron chi connectivity index (χ3n) is 5.49. The van der Waals surface area contributed by atoms with E-state index in [1.54, 1.807) is 0 Å². The maximum absolute atomic E-state index is 12.1. The van der Waals surface area contributed by atoms with Crippen molar-refractivity contribution in [3.63, 3.8) is 0 Å². The van der Waals surface area contributed by atoms with Crippen LogP contribution in [0, 0.1) is 11.8 Å². The molecule has 2 fully saturated rings. The van der Waals surface area contributed by atoms with Crippen molar-refractivity contribution in [1.82, 2.24) is 10.2 Å². The van der Waals surface area contributed by atoms with E-state index in [9.17, 15) is 4.79 Å². The van der Waals surface area contributed by atoms with Gasteiger partial charge in [-0.25, -0.2) is 4.79 Å². The molecule has 5 nitrogen and oxygen atoms in total. The first-order valence-corrected chi connectivity index (χ1v) is 9.69. The lowest BCUT2D eigenvalue weighted by Crippen LogP contribution is -2.42. The number of alkyl carbamates (subject to hydrolysis) is 1. The number of nitrogens with zero attached hydrogens (tertiary/aromatic N) is 2. The second-order valence-corrected chi connectivity index (χ2v) is 9.01. The molecule has 1 aliphatic heterocycles. The fraction of sp³-hybridized carbons (Fsp3) is 0.667. The largest absolute Gasteiger partial charge is 0.444 e. The first-order valence-electron chi connectivity index (χ1n) is 9.69. The van der Waals surface area contributed by atoms with Crippen LogP contribution in [0.5, 0.6) is 0 Å². The summed E-state index contributed by atoms with van der Waals surface area (Å²) in [7, 11) is 4.13. The smallest absolute Gasteiger partial charge is 0.407 e. The summed E-state index contributed by atoms with van der Waals surface area (Å²) in [5.41, 5.74) is 2.14. The highest BCUT2D eigenvalue weighted by molar-refractivity contribution is 5.68. The highest BCUT2D eigenvalue weighted by Crippen LogP contribution is 2.38. The molecule has 1 saturated carbocycles. The van der Waals surface area contributed by atoms with Gasteiger partial charge in [-0.2, -0.15) is 0 Å². The first-order chi connectivity index (χ1) is 12.2. The lowest BCUT2D eigenvalue weighted by atomic mass is 9.98. The molecular formula is C21H33N3O2. The van der Waals surface area contributed by atoms with Gasteiger partial charge in [-0.3, -0.25) is 4.90 Å². The molecule has 0 aromatic heterocycles. The van der Waals surface area contributed by atoms with Crippen molar-refractivity contribution in [2.75, 3.05) is 32.1 Å². The van der Waals surface area contributed by atoms with Crippen LogP contribution in [0.2, 0.25) is 0 Å². The van der Waals surface area contributed by atoms with E-state index in [0.29, 0.717) is 11.8 Å². The number of amides is 1. The Bertz CT molecular complexity index is 621. The molecular weight excluding hydrogens is 326 g/mol. The third kappa shape index (κ3) is 4.70. The monoisotopic (exact) mass is 359 g/mol. The molecule has 3 unspecified atom stereocenters. The molecule has 2 aliphatic rings. The minimum atomic E-state index is -0.442. The quantitative estimate of drug-likeness (QED) is 0.894. The van der Waals surface area contributed by atoms with Gasteiger partial charge in [-0.1, -0.05) is 12.1 Å². The van der Waals surface area contributed by atoms with E-state index >= 15 is 0 Å². The van der Waals surface area contributed by atoms with Crippen molar-refractivity contribution in [1.29, 1.82) is 0 Å². The fourth-order valence-electron chi connectivity index (χ4n) is 4.28. The van der Waals surface area contributed by atoms with Crippen LogP contribution in [0.15, 0.2) is 24.3 Å². The molecule has 1 aromatic carbocycles. The number of carbonyl (C=O) groups is 1. The van der Waals surface area contributed by atoms with Crippen LogP contribution in [0.4, 0.5) is 10.5 Å². The average molecular weight is 360 g/mol. The Hall–Kier alpha value is -1.75. The zero-order valence-electron chi connectivity index (χ0n) is 16.8. The summed E-state index contributed by atoms with van der Waals surface area (Å²) in [5, 5.41) is 3.12. The topological polar surface area (TPSA) is 44.8 Å². The molecule has 0 bridgehead atoms. The lowest BCUT2D eigenvalue weighted by molar-refractivity contribution is 0.0491. The summed E-state index contributed by atoms with van der Waals surface area (Å²) in [5.74, 6) is 1.24. The summed E-state index contributed by atoms with van der Waals surface area (Å²) in [6, 6.07) is 9.05. The zero-order valence-corrected chi connectivity index (χ0v) is 16.8. The van der Waals surface area contributed by atoms with Crippen LogP contribution in [0.3, 0.4) is 0 Å². The summed E-state index contributed by atoms with van der Waals surface area (Å²) in [4.78, 5) is 16.8. The molecule has 1 aliphatic carbocycles. The number of hydrogen-bond acceptors (Lipinski definition) is 4. The second-order valence-electron chi connectivity index (χ2n) is 9.01. The Kier molecular flexibility index (Phi) is 5.47. The minimum Gasteiger partial charge on any atom is -0.444 e. The van der Waals surface area contributed by atoms with E-state index < -0.39 is 5.60 Å². The molecule has 3 atom stereocenters. The van der Waals surface area contributed by atoms with Gasteiger partial charge < -0.3 is 15.0 Å². The summed E-state index contributed by atoms with van der Waals surface area (Å²) < 4.78 is 5.43. The Morgan fingerprint density at radius 1 is 1.19 bits per heavy atom. The molecule has 1 saturated heterocycles. The molecule has 3 rings (SSSR count). The van der Waals surface area contributed by atoms with Crippen LogP contribution in [0.25, 0.3) is 0 Å². The highest BCUT2D eigenvalue weighted by Gasteiger charge is 2.43. The zero-order chi connectivity index (χ0) is 18.9. The van der Waals surface area contributed by atoms with Gasteiger partial charge >= 0.3 is 6.09 Å². The van der Waals surface area contributed by atoms with E-state index in [0.717, 1.165) is 26.1 Å². The molecule has 144 valence electrons. The van der Waals surface area contributed by atoms with E-state index in [4.69, 9.17) is 4.74 Å². The number of fused-ring (bicyclic) bond motifs is 1. The SMILES string of the molecule is CN(C)c1ccc(CN2CC3CCC(NC(=O)OC(C)(C)C)C3C2)cc1. The predicted octanol–water partition coefficient (Wildman–Crippen LogP) is 3.49. The number of hydrogen-bond donors (Lipinski definition) is 1. The fourth-order valence-corrected chi connectivity index (χ4v) is 4.28. The second kappa shape index (κ2) is 7.47. The summed E-state index contributed by atoms with van der Waals surface area (Å²) in [6.07, 6.45) is 1.99. The van der Waals surface area contributed by atoms with Crippen LogP contribution in [-0.2, 0) is 11.3 Å². The van der Waals surface area contributed by atoms with Gasteiger partial charge in [0.25, 0.3) is 0 Å². The Morgan fingerprint density at radius 3 is 2.50 bits per heavy atom. The number of benzene rings is 1. The third-order valence-corrected chi connectivity index (χ3v) is 5.49. The standard InChI is InChI=1S/C21H33N3O2/c1-21(2,3)26-20(25)22-19-11-8-16-13-24(14-18(16)19)12-15-6-9-17(10-7-15)23(4)5/h6-7,9-10,16,18-19H,8,11-14H2,1-5H3,(H,22,25). The van der Waals surface area contributed by atoms with Gasteiger partial charge in [0.15, 0.2) is 0 Å². The predicted molar refractivity (Wildman–Crippen MR) is 105 cm³/mol. The van der Waals surface area contributed by atoms with Gasteiger partial charge in [0, 0.05) is 45.5 Å². The van der Waals surface area contributed by atoms with Gasteiger partial charge in [0.1, 0.15) is 5.60 Å². The van der Waals surface area contributed by atoms with Crippen molar-refractivity contribution in [3.8, 4) is 0 Å². The molecule has 0 spiro atoms. The molecule has 1 N–H and O–H groups in total. The molecule has 1 amide bonds. The van der Waals surface area contributed by atoms with Gasteiger partial charge in [0.2, 0.25) is 0 Å². The number of rotatable bonds is 4. The maximum atomic E-state index is 12.1. The number of carbonyl (C=O) groups excluding carboxylic acids is 1. The van der Waals surface area contributed by atoms with Crippen LogP contribution >= 0.6 is 0 Å². The number of anilines is 1. The van der Waals surface area contributed by atoms with Crippen molar-refractivity contribution in [2.24, 2.45) is 11.8 Å². The molecule has 0 radical (unpaired) electrons. The van der Waals surface area contributed by atoms with Crippen LogP contribution in [0.1, 0.15) is 39.2 Å². The van der Waals surface area contributed by atoms with Gasteiger partial charge in [-0.15, -0.1) is 0 Å². The molecule has 26 heavy (non-hydrogen) atoms. The molecule has 1 heterocycles. The normalized spacial score (nSPS) is 25.8. The van der Waals surface area contributed by atoms with E-state index in [1.165, 1.54) is 17.7 Å². The van der Waals surface area contributed by atoms with Crippen LogP contribution in [-0.4, -0.2) is 49.8 Å². The molecule has 1 aromatic rings. The Balaban J connectivity index is 1.53. The average Bonchev–Trinajstić information content (AvgIpc) is 3.07. The van der Waals surface area contributed by atoms with Gasteiger partial charge in [-0.05, 0) is 63.1 Å². The summed E-state index contributed by atoms with van der Waals surface area (Å²) >= 11 is 0. The Morgan fingerprint density at radius 2 is 1.88 bits per heavy atom. The number of nitrogens with one attached hydrogen (secondary N) is 1. The van der Waals surface area contributed by atoms with Crippen molar-refractivity contribution < 1.29 is 9.53 Å². The number of likely N-dealkylation sites (tertiary alicyclic amines) is 1. The minimum absolute atomic E-state index is 0.246. The van der Waals surface area contributed by atoms with E-state index in [2.05, 4.69) is 53.5 Å². The first kappa shape index (κ1) is 19.0. The van der Waals surface area contributed by atoms with Crippen molar-refractivity contribution in [3.05, 3.63) is 29.8 Å². The van der Waals surface area contributed by atoms with E-state index in [1.807, 2.05) is 20.8 Å². The van der Waals surface area contributed by atoms with Crippen molar-refractivity contribution in [2.45, 2.75) is 51.8 Å². The van der Waals surface area contributed by atoms with E-state index in [-0.39, 0.29) is 12.1 Å². The summed E-state index contributed by atoms with van der Waals surface area (Å²) in [6.45, 7) is 8.89. The maximum Gasteiger partial charge on any atom is 0.407 e. The highest BCUT2D eigenvalue weighted by atomic mass is 16.6. The lowest BCUT2D eigenvalue weighted by Gasteiger charge is -2.25. The molecule has 5 heteroatoms. The van der Waals surface area contributed by atoms with Crippen LogP contribution < -0.4 is 10.2 Å². The number of ether oxygens (including phenoxy) is 1.